The fourth-order valence-electron chi connectivity index (χ4n) is 5.81. The van der Waals surface area contributed by atoms with Crippen LogP contribution in [0.1, 0.15) is 57.1 Å². The molecule has 55 heavy (non-hydrogen) atoms. The number of hydrogen-bond donors (Lipinski definition) is 8. The predicted molar refractivity (Wildman–Crippen MR) is 211 cm³/mol. The van der Waals surface area contributed by atoms with Crippen molar-refractivity contribution in [1.29, 1.82) is 0 Å². The topological polar surface area (TPSA) is 230 Å². The van der Waals surface area contributed by atoms with Gasteiger partial charge in [0.25, 0.3) is 0 Å². The molecule has 0 spiro atoms. The Balaban J connectivity index is 1.90. The van der Waals surface area contributed by atoms with Crippen molar-refractivity contribution in [2.75, 3.05) is 31.6 Å². The zero-order valence-corrected chi connectivity index (χ0v) is 32.7. The van der Waals surface area contributed by atoms with E-state index in [2.05, 4.69) is 37.2 Å². The number of hydrogen-bond acceptors (Lipinski definition) is 9. The maximum atomic E-state index is 13.9. The fraction of sp³-hybridized carbons (Fsp3) is 0.513. The highest BCUT2D eigenvalue weighted by molar-refractivity contribution is 7.98. The van der Waals surface area contributed by atoms with Gasteiger partial charge in [0.15, 0.2) is 0 Å². The zero-order chi connectivity index (χ0) is 40.2. The summed E-state index contributed by atoms with van der Waals surface area (Å²) in [7, 11) is 0. The summed E-state index contributed by atoms with van der Waals surface area (Å²) in [5.41, 5.74) is 7.65. The SMILES string of the molecule is CCC(C)[C@@H]1NC(=O)CNC(=O)[C@H](Cc2ccccc2)NC(=O)[C@H](Cc2ccccc2)NC(=O)[C@@H](N)CCC(=O)NCCCNC(=O)[C@H](CCSC)NC1=O. The van der Waals surface area contributed by atoms with E-state index in [1.165, 1.54) is 11.8 Å². The molecule has 9 N–H and O–H groups in total. The molecule has 3 rings (SSSR count). The lowest BCUT2D eigenvalue weighted by molar-refractivity contribution is -0.134. The van der Waals surface area contributed by atoms with Gasteiger partial charge in [-0.15, -0.1) is 0 Å². The minimum atomic E-state index is -1.16. The summed E-state index contributed by atoms with van der Waals surface area (Å²) in [5, 5.41) is 19.1. The smallest absolute Gasteiger partial charge is 0.243 e. The van der Waals surface area contributed by atoms with Crippen molar-refractivity contribution in [3.63, 3.8) is 0 Å². The van der Waals surface area contributed by atoms with Crippen LogP contribution in [0.15, 0.2) is 60.7 Å². The summed E-state index contributed by atoms with van der Waals surface area (Å²) in [6.45, 7) is 3.65. The van der Waals surface area contributed by atoms with Crippen molar-refractivity contribution in [1.82, 2.24) is 37.2 Å². The molecule has 0 radical (unpaired) electrons. The Morgan fingerprint density at radius 1 is 0.673 bits per heavy atom. The Kier molecular flexibility index (Phi) is 19.2. The second-order valence-corrected chi connectivity index (χ2v) is 14.6. The van der Waals surface area contributed by atoms with Crippen LogP contribution in [0.25, 0.3) is 0 Å². The highest BCUT2D eigenvalue weighted by Crippen LogP contribution is 2.11. The summed E-state index contributed by atoms with van der Waals surface area (Å²) >= 11 is 1.52. The quantitative estimate of drug-likeness (QED) is 0.172. The number of rotatable bonds is 9. The van der Waals surface area contributed by atoms with Crippen LogP contribution < -0.4 is 43.0 Å². The van der Waals surface area contributed by atoms with E-state index in [1.807, 2.05) is 25.3 Å². The van der Waals surface area contributed by atoms with E-state index in [4.69, 9.17) is 5.73 Å². The van der Waals surface area contributed by atoms with E-state index in [1.54, 1.807) is 55.5 Å². The lowest BCUT2D eigenvalue weighted by atomic mass is 9.97. The van der Waals surface area contributed by atoms with Crippen LogP contribution in [0, 0.1) is 5.92 Å². The third kappa shape index (κ3) is 15.7. The fourth-order valence-corrected chi connectivity index (χ4v) is 6.28. The number of nitrogens with two attached hydrogens (primary N) is 1. The highest BCUT2D eigenvalue weighted by Gasteiger charge is 2.32. The van der Waals surface area contributed by atoms with Crippen LogP contribution in [0.3, 0.4) is 0 Å². The Labute approximate surface area is 327 Å². The molecule has 15 nitrogen and oxygen atoms in total. The van der Waals surface area contributed by atoms with Crippen molar-refractivity contribution < 1.29 is 33.6 Å². The molecule has 2 aromatic carbocycles. The summed E-state index contributed by atoms with van der Waals surface area (Å²) in [6.07, 6.45) is 3.28. The van der Waals surface area contributed by atoms with Gasteiger partial charge in [-0.1, -0.05) is 80.9 Å². The molecule has 1 unspecified atom stereocenters. The molecule has 0 aromatic heterocycles. The summed E-state index contributed by atoms with van der Waals surface area (Å²) < 4.78 is 0. The summed E-state index contributed by atoms with van der Waals surface area (Å²) in [6, 6.07) is 12.7. The molecule has 300 valence electrons. The minimum Gasteiger partial charge on any atom is -0.356 e. The van der Waals surface area contributed by atoms with Crippen LogP contribution >= 0.6 is 11.8 Å². The summed E-state index contributed by atoms with van der Waals surface area (Å²) in [5.74, 6) is -3.59. The van der Waals surface area contributed by atoms with E-state index >= 15 is 0 Å². The van der Waals surface area contributed by atoms with Crippen molar-refractivity contribution in [2.45, 2.75) is 89.0 Å². The Hall–Kier alpha value is -4.96. The summed E-state index contributed by atoms with van der Waals surface area (Å²) in [4.78, 5) is 93.5. The van der Waals surface area contributed by atoms with E-state index < -0.39 is 72.2 Å². The van der Waals surface area contributed by atoms with Crippen molar-refractivity contribution >= 4 is 53.1 Å². The van der Waals surface area contributed by atoms with E-state index in [-0.39, 0.29) is 50.6 Å². The first kappa shape index (κ1) is 44.4. The molecular formula is C39H56N8O7S. The molecule has 1 fully saturated rings. The number of benzene rings is 2. The average molecular weight is 781 g/mol. The van der Waals surface area contributed by atoms with Gasteiger partial charge in [0, 0.05) is 32.4 Å². The van der Waals surface area contributed by atoms with Gasteiger partial charge in [0.05, 0.1) is 12.6 Å². The lowest BCUT2D eigenvalue weighted by Gasteiger charge is -2.27. The first-order valence-electron chi connectivity index (χ1n) is 18.8. The molecule has 0 bridgehead atoms. The molecule has 2 aromatic rings. The molecule has 1 aliphatic rings. The zero-order valence-electron chi connectivity index (χ0n) is 31.9. The molecule has 16 heteroatoms. The first-order valence-corrected chi connectivity index (χ1v) is 20.2. The van der Waals surface area contributed by atoms with E-state index in [9.17, 15) is 33.6 Å². The van der Waals surface area contributed by atoms with E-state index in [0.717, 1.165) is 11.1 Å². The van der Waals surface area contributed by atoms with Crippen LogP contribution in [-0.2, 0) is 46.4 Å². The lowest BCUT2D eigenvalue weighted by Crippen LogP contribution is -2.58. The van der Waals surface area contributed by atoms with Gasteiger partial charge in [-0.3, -0.25) is 33.6 Å². The third-order valence-electron chi connectivity index (χ3n) is 9.30. The molecule has 1 heterocycles. The van der Waals surface area contributed by atoms with Gasteiger partial charge in [-0.05, 0) is 48.3 Å². The number of carbonyl (C=O) groups excluding carboxylic acids is 7. The Morgan fingerprint density at radius 2 is 1.22 bits per heavy atom. The van der Waals surface area contributed by atoms with Crippen LogP contribution in [-0.4, -0.2) is 103 Å². The molecule has 1 saturated heterocycles. The number of amides is 7. The van der Waals surface area contributed by atoms with Gasteiger partial charge in [0.2, 0.25) is 41.4 Å². The van der Waals surface area contributed by atoms with Gasteiger partial charge in [-0.25, -0.2) is 0 Å². The second-order valence-electron chi connectivity index (χ2n) is 13.6. The van der Waals surface area contributed by atoms with Gasteiger partial charge in [0.1, 0.15) is 24.2 Å². The van der Waals surface area contributed by atoms with Crippen molar-refractivity contribution in [3.05, 3.63) is 71.8 Å². The minimum absolute atomic E-state index is 0.00361. The van der Waals surface area contributed by atoms with Crippen molar-refractivity contribution in [3.8, 4) is 0 Å². The van der Waals surface area contributed by atoms with Gasteiger partial charge >= 0.3 is 0 Å². The first-order chi connectivity index (χ1) is 26.4. The normalized spacial score (nSPS) is 23.9. The molecule has 0 aliphatic carbocycles. The number of nitrogens with one attached hydrogen (secondary N) is 7. The second kappa shape index (κ2) is 23.7. The maximum absolute atomic E-state index is 13.9. The van der Waals surface area contributed by atoms with Gasteiger partial charge < -0.3 is 43.0 Å². The van der Waals surface area contributed by atoms with E-state index in [0.29, 0.717) is 25.0 Å². The predicted octanol–water partition coefficient (Wildman–Crippen LogP) is 0.0700. The molecule has 7 amide bonds. The van der Waals surface area contributed by atoms with Crippen LogP contribution in [0.4, 0.5) is 0 Å². The molecule has 0 saturated carbocycles. The van der Waals surface area contributed by atoms with Gasteiger partial charge in [-0.2, -0.15) is 11.8 Å². The monoisotopic (exact) mass is 780 g/mol. The van der Waals surface area contributed by atoms with Crippen LogP contribution in [0.2, 0.25) is 0 Å². The van der Waals surface area contributed by atoms with Crippen LogP contribution in [0.5, 0.6) is 0 Å². The molecule has 6 atom stereocenters. The number of thioether (sulfide) groups is 1. The average Bonchev–Trinajstić information content (AvgIpc) is 3.18. The molecule has 1 aliphatic heterocycles. The standard InChI is InChI=1S/C39H56N8O7S/c1-4-25(2)34-39(54)44-29(18-21-55-3)36(51)42-20-11-19-41-32(48)17-16-28(40)35(50)45-31(23-27-14-9-6-10-15-27)38(53)46-30(22-26-12-7-5-8-13-26)37(52)43-24-33(49)47-34/h5-10,12-15,25,28-31,34H,4,11,16-24,40H2,1-3H3,(H,41,48)(H,42,51)(H,43,52)(H,44,54)(H,45,50)(H,46,53)(H,47,49)/t25?,28-,29-,30-,31-,34-/m0/s1. The largest absolute Gasteiger partial charge is 0.356 e. The highest BCUT2D eigenvalue weighted by atomic mass is 32.2. The van der Waals surface area contributed by atoms with Crippen molar-refractivity contribution in [2.24, 2.45) is 11.7 Å². The molecular weight excluding hydrogens is 725 g/mol. The maximum Gasteiger partial charge on any atom is 0.243 e. The Bertz CT molecular complexity index is 1580. The Morgan fingerprint density at radius 3 is 1.82 bits per heavy atom. The number of carbonyl (C=O) groups is 7. The third-order valence-corrected chi connectivity index (χ3v) is 9.95.